The summed E-state index contributed by atoms with van der Waals surface area (Å²) in [5.74, 6) is -0.531. The van der Waals surface area contributed by atoms with Gasteiger partial charge in [0.1, 0.15) is 11.4 Å². The average Bonchev–Trinajstić information content (AvgIpc) is 3.27. The number of aromatic hydroxyl groups is 2. The van der Waals surface area contributed by atoms with Gasteiger partial charge in [-0.2, -0.15) is 13.5 Å². The first-order chi connectivity index (χ1) is 20.6. The smallest absolute Gasteiger partial charge is 0.299 e. The van der Waals surface area contributed by atoms with Crippen molar-refractivity contribution in [3.05, 3.63) is 83.0 Å². The molecule has 5 rings (SSSR count). The van der Waals surface area contributed by atoms with E-state index in [1.165, 1.54) is 36.7 Å². The molecule has 0 atom stereocenters. The third kappa shape index (κ3) is 6.28. The number of H-pyrrole nitrogens is 1. The highest BCUT2D eigenvalue weighted by molar-refractivity contribution is 7.94. The Morgan fingerprint density at radius 1 is 0.977 bits per heavy atom. The first-order valence-electron chi connectivity index (χ1n) is 11.9. The zero-order valence-electron chi connectivity index (χ0n) is 21.7. The Labute approximate surface area is 245 Å². The van der Waals surface area contributed by atoms with Crippen molar-refractivity contribution < 1.29 is 37.8 Å². The second-order valence-corrected chi connectivity index (χ2v) is 10.8. The molecule has 16 nitrogen and oxygen atoms in total. The molecule has 3 aromatic carbocycles. The van der Waals surface area contributed by atoms with Gasteiger partial charge in [0, 0.05) is 11.6 Å². The molecule has 2 heterocycles. The fourth-order valence-electron chi connectivity index (χ4n) is 3.89. The van der Waals surface area contributed by atoms with Crippen molar-refractivity contribution in [3.63, 3.8) is 0 Å². The molecule has 2 aromatic heterocycles. The van der Waals surface area contributed by atoms with Crippen molar-refractivity contribution in [1.29, 1.82) is 0 Å². The van der Waals surface area contributed by atoms with E-state index in [2.05, 4.69) is 39.9 Å². The molecular formula is C25H19N7O9S2. The molecule has 0 radical (unpaired) electrons. The number of rotatable bonds is 9. The van der Waals surface area contributed by atoms with Crippen molar-refractivity contribution in [2.45, 2.75) is 16.7 Å². The number of hydrogen-bond donors (Lipinski definition) is 5. The van der Waals surface area contributed by atoms with Gasteiger partial charge in [0.2, 0.25) is 0 Å². The highest BCUT2D eigenvalue weighted by Crippen LogP contribution is 2.45. The number of benzene rings is 3. The summed E-state index contributed by atoms with van der Waals surface area (Å²) in [4.78, 5) is 16.6. The lowest BCUT2D eigenvalue weighted by molar-refractivity contribution is -0.432. The summed E-state index contributed by atoms with van der Waals surface area (Å²) in [6.45, 7) is 1.60. The summed E-state index contributed by atoms with van der Waals surface area (Å²) in [6.07, 6.45) is 2.58. The van der Waals surface area contributed by atoms with Gasteiger partial charge in [-0.15, -0.1) is 19.7 Å². The van der Waals surface area contributed by atoms with Crippen LogP contribution >= 0.6 is 12.0 Å². The molecule has 0 aliphatic carbocycles. The topological polar surface area (TPSA) is 234 Å². The van der Waals surface area contributed by atoms with Gasteiger partial charge < -0.3 is 10.2 Å². The number of aromatic nitrogens is 3. The van der Waals surface area contributed by atoms with Gasteiger partial charge in [-0.05, 0) is 66.9 Å². The first kappa shape index (κ1) is 29.5. The summed E-state index contributed by atoms with van der Waals surface area (Å²) >= 11 is 0.528. The molecule has 0 aliphatic rings. The summed E-state index contributed by atoms with van der Waals surface area (Å²) in [6, 6.07) is 12.6. The maximum atomic E-state index is 13.0. The number of fused-ring (bicyclic) bond motifs is 1. The molecule has 0 bridgehead atoms. The molecule has 0 saturated heterocycles. The number of phenols is 1. The molecule has 5 aromatic rings. The Bertz CT molecular complexity index is 2060. The number of aryl methyl sites for hydroxylation is 1. The SMILES string of the molecule is Cc1[nH]n(-c2ccc(S(=O)(=O)O)cc2)c(=O)c1N=Nc1ccc2c(O)c(N=Nc3ccncc3O)c(SOOO)cc2c1. The Balaban J connectivity index is 1.48. The Morgan fingerprint density at radius 3 is 2.42 bits per heavy atom. The fourth-order valence-corrected chi connectivity index (χ4v) is 4.87. The number of nitrogens with zero attached hydrogens (tertiary/aromatic N) is 6. The molecule has 0 aliphatic heterocycles. The molecule has 0 fully saturated rings. The van der Waals surface area contributed by atoms with Gasteiger partial charge in [-0.3, -0.25) is 19.4 Å². The van der Waals surface area contributed by atoms with Gasteiger partial charge in [0.05, 0.1) is 45.1 Å². The average molecular weight is 626 g/mol. The predicted octanol–water partition coefficient (Wildman–Crippen LogP) is 5.94. The number of nitrogens with one attached hydrogen (secondary N) is 1. The minimum Gasteiger partial charge on any atom is -0.505 e. The lowest BCUT2D eigenvalue weighted by Gasteiger charge is -2.09. The van der Waals surface area contributed by atoms with Crippen LogP contribution in [0, 0.1) is 6.92 Å². The Hall–Kier alpha value is -4.98. The van der Waals surface area contributed by atoms with Crippen LogP contribution in [0.4, 0.5) is 22.7 Å². The zero-order chi connectivity index (χ0) is 30.7. The van der Waals surface area contributed by atoms with E-state index in [0.717, 1.165) is 16.8 Å². The van der Waals surface area contributed by atoms with Crippen molar-refractivity contribution in [2.24, 2.45) is 20.5 Å². The zero-order valence-corrected chi connectivity index (χ0v) is 23.3. The van der Waals surface area contributed by atoms with Crippen LogP contribution < -0.4 is 5.56 Å². The minimum absolute atomic E-state index is 0.0123. The molecule has 18 heteroatoms. The maximum absolute atomic E-state index is 13.0. The van der Waals surface area contributed by atoms with Gasteiger partial charge in [0.15, 0.2) is 17.2 Å². The molecule has 0 amide bonds. The van der Waals surface area contributed by atoms with Crippen molar-refractivity contribution in [2.75, 3.05) is 0 Å². The molecular weight excluding hydrogens is 606 g/mol. The second kappa shape index (κ2) is 12.1. The highest BCUT2D eigenvalue weighted by Gasteiger charge is 2.17. The monoisotopic (exact) mass is 625 g/mol. The third-order valence-electron chi connectivity index (χ3n) is 5.92. The Kier molecular flexibility index (Phi) is 8.30. The molecule has 43 heavy (non-hydrogen) atoms. The molecule has 0 spiro atoms. The lowest BCUT2D eigenvalue weighted by atomic mass is 10.1. The number of phenolic OH excluding ortho intramolecular Hbond substituents is 1. The van der Waals surface area contributed by atoms with E-state index in [0.29, 0.717) is 39.9 Å². The highest BCUT2D eigenvalue weighted by atomic mass is 32.2. The van der Waals surface area contributed by atoms with E-state index in [4.69, 9.17) is 9.81 Å². The van der Waals surface area contributed by atoms with Crippen LogP contribution in [-0.2, 0) is 19.5 Å². The second-order valence-electron chi connectivity index (χ2n) is 8.66. The van der Waals surface area contributed by atoms with E-state index in [-0.39, 0.29) is 38.4 Å². The number of azo groups is 2. The molecule has 0 unspecified atom stereocenters. The van der Waals surface area contributed by atoms with Crippen molar-refractivity contribution >= 4 is 55.7 Å². The van der Waals surface area contributed by atoms with Crippen LogP contribution in [0.2, 0.25) is 0 Å². The van der Waals surface area contributed by atoms with E-state index in [1.54, 1.807) is 25.1 Å². The summed E-state index contributed by atoms with van der Waals surface area (Å²) < 4.78 is 37.4. The van der Waals surface area contributed by atoms with Gasteiger partial charge in [-0.25, -0.2) is 9.94 Å². The van der Waals surface area contributed by atoms with Crippen molar-refractivity contribution in [1.82, 2.24) is 14.8 Å². The summed E-state index contributed by atoms with van der Waals surface area (Å²) in [5, 5.41) is 53.0. The van der Waals surface area contributed by atoms with Gasteiger partial charge >= 0.3 is 0 Å². The van der Waals surface area contributed by atoms with E-state index in [1.807, 2.05) is 0 Å². The number of aromatic amines is 1. The quantitative estimate of drug-likeness (QED) is 0.0422. The molecule has 5 N–H and O–H groups in total. The molecule has 0 saturated carbocycles. The van der Waals surface area contributed by atoms with Crippen LogP contribution in [-0.4, -0.2) is 43.2 Å². The predicted molar refractivity (Wildman–Crippen MR) is 151 cm³/mol. The van der Waals surface area contributed by atoms with Crippen molar-refractivity contribution in [3.8, 4) is 17.2 Å². The summed E-state index contributed by atoms with van der Waals surface area (Å²) in [7, 11) is -4.39. The van der Waals surface area contributed by atoms with Crippen LogP contribution in [0.15, 0.2) is 102 Å². The summed E-state index contributed by atoms with van der Waals surface area (Å²) in [5.41, 5.74) is 0.455. The van der Waals surface area contributed by atoms with E-state index in [9.17, 15) is 23.4 Å². The largest absolute Gasteiger partial charge is 0.505 e. The Morgan fingerprint density at radius 2 is 1.72 bits per heavy atom. The fraction of sp³-hybridized carbons (Fsp3) is 0.0400. The van der Waals surface area contributed by atoms with E-state index >= 15 is 0 Å². The van der Waals surface area contributed by atoms with E-state index < -0.39 is 15.7 Å². The maximum Gasteiger partial charge on any atom is 0.299 e. The first-order valence-corrected chi connectivity index (χ1v) is 14.1. The van der Waals surface area contributed by atoms with Crippen LogP contribution in [0.25, 0.3) is 16.5 Å². The van der Waals surface area contributed by atoms with Gasteiger partial charge in [0.25, 0.3) is 15.7 Å². The third-order valence-corrected chi connectivity index (χ3v) is 7.41. The number of hydrogen-bond acceptors (Lipinski definition) is 14. The van der Waals surface area contributed by atoms with Crippen LogP contribution in [0.1, 0.15) is 5.69 Å². The number of pyridine rings is 1. The minimum atomic E-state index is -4.39. The normalized spacial score (nSPS) is 12.2. The molecule has 220 valence electrons. The standard InChI is InChI=1S/C25H19N7O9S2/c1-13-22(25(35)32(31-13)16-3-5-17(6-4-16)43(37,38)39)29-27-15-2-7-18-14(10-15)11-21(42-41-40-36)23(24(18)34)30-28-19-8-9-26-12-20(19)33/h2-12,31,33-34,36H,1H3,(H,37,38,39). The van der Waals surface area contributed by atoms with Gasteiger partial charge in [-0.1, -0.05) is 5.04 Å². The lowest BCUT2D eigenvalue weighted by Crippen LogP contribution is -2.14. The van der Waals surface area contributed by atoms with Crippen LogP contribution in [0.5, 0.6) is 11.5 Å². The van der Waals surface area contributed by atoms with Crippen LogP contribution in [0.3, 0.4) is 0 Å².